The highest BCUT2D eigenvalue weighted by atomic mass is 32.1. The molecule has 2 aromatic carbocycles. The van der Waals surface area contributed by atoms with Crippen LogP contribution in [0.25, 0.3) is 0 Å². The van der Waals surface area contributed by atoms with E-state index in [0.717, 1.165) is 29.3 Å². The minimum Gasteiger partial charge on any atom is -0.433 e. The quantitative estimate of drug-likeness (QED) is 0.223. The van der Waals surface area contributed by atoms with Crippen LogP contribution in [0.4, 0.5) is 19.0 Å². The van der Waals surface area contributed by atoms with Gasteiger partial charge in [0.1, 0.15) is 15.8 Å². The highest BCUT2D eigenvalue weighted by molar-refractivity contribution is 7.15. The molecule has 0 aliphatic heterocycles. The van der Waals surface area contributed by atoms with Crippen molar-refractivity contribution < 1.29 is 28.2 Å². The minimum absolute atomic E-state index is 0.0218. The molecule has 0 saturated heterocycles. The average molecular weight is 601 g/mol. The number of alkyl halides is 2. The maximum absolute atomic E-state index is 13.1. The van der Waals surface area contributed by atoms with Gasteiger partial charge in [-0.05, 0) is 42.5 Å². The van der Waals surface area contributed by atoms with Crippen LogP contribution in [0.15, 0.2) is 54.6 Å². The Bertz CT molecular complexity index is 1510. The lowest BCUT2D eigenvalue weighted by Gasteiger charge is -2.13. The Morgan fingerprint density at radius 1 is 0.976 bits per heavy atom. The van der Waals surface area contributed by atoms with Crippen molar-refractivity contribution in [1.29, 1.82) is 0 Å². The van der Waals surface area contributed by atoms with Crippen LogP contribution >= 0.6 is 22.7 Å². The highest BCUT2D eigenvalue weighted by Gasteiger charge is 2.32. The Morgan fingerprint density at radius 3 is 2.24 bits per heavy atom. The third kappa shape index (κ3) is 7.65. The molecule has 10 nitrogen and oxygen atoms in total. The van der Waals surface area contributed by atoms with E-state index in [1.165, 1.54) is 34.8 Å². The molecule has 3 N–H and O–H groups in total. The molecule has 1 aliphatic rings. The summed E-state index contributed by atoms with van der Waals surface area (Å²) < 4.78 is 30.8. The molecular formula is C27H26F2N6O4S2. The van der Waals surface area contributed by atoms with Gasteiger partial charge < -0.3 is 15.2 Å². The lowest BCUT2D eigenvalue weighted by Crippen LogP contribution is -2.20. The van der Waals surface area contributed by atoms with Crippen LogP contribution in [0.3, 0.4) is 0 Å². The van der Waals surface area contributed by atoms with Crippen molar-refractivity contribution in [3.63, 3.8) is 0 Å². The number of aromatic nitrogens is 4. The van der Waals surface area contributed by atoms with Gasteiger partial charge in [0.2, 0.25) is 16.2 Å². The molecule has 0 spiro atoms. The zero-order chi connectivity index (χ0) is 29.0. The summed E-state index contributed by atoms with van der Waals surface area (Å²) in [6, 6.07) is 14.6. The van der Waals surface area contributed by atoms with Crippen LogP contribution in [-0.4, -0.2) is 43.4 Å². The van der Waals surface area contributed by atoms with E-state index >= 15 is 0 Å². The number of ether oxygens (including phenoxy) is 1. The van der Waals surface area contributed by atoms with Crippen LogP contribution in [-0.2, 0) is 16.0 Å². The first-order valence-corrected chi connectivity index (χ1v) is 14.4. The predicted octanol–water partition coefficient (Wildman–Crippen LogP) is 5.29. The number of anilines is 2. The lowest BCUT2D eigenvalue weighted by atomic mass is 10.1. The maximum Gasteiger partial charge on any atom is 0.394 e. The number of carbonyl (C=O) groups is 2. The first-order chi connectivity index (χ1) is 19.6. The molecule has 1 aliphatic carbocycles. The smallest absolute Gasteiger partial charge is 0.394 e. The number of nitrogens with one attached hydrogen (secondary N) is 2. The number of rotatable bonds is 10. The second-order valence-corrected chi connectivity index (χ2v) is 11.7. The van der Waals surface area contributed by atoms with Gasteiger partial charge in [-0.3, -0.25) is 14.9 Å². The summed E-state index contributed by atoms with van der Waals surface area (Å²) in [6.45, 7) is 0.650. The van der Waals surface area contributed by atoms with Gasteiger partial charge in [0.25, 0.3) is 5.91 Å². The van der Waals surface area contributed by atoms with E-state index in [1.54, 1.807) is 42.5 Å². The fourth-order valence-electron chi connectivity index (χ4n) is 4.57. The predicted molar refractivity (Wildman–Crippen MR) is 149 cm³/mol. The Balaban J connectivity index is 1.13. The lowest BCUT2D eigenvalue weighted by molar-refractivity contribution is -0.159. The molecule has 3 atom stereocenters. The molecule has 41 heavy (non-hydrogen) atoms. The van der Waals surface area contributed by atoms with Gasteiger partial charge in [-0.25, -0.2) is 0 Å². The Hall–Kier alpha value is -3.88. The molecule has 214 valence electrons. The van der Waals surface area contributed by atoms with E-state index in [4.69, 9.17) is 0 Å². The summed E-state index contributed by atoms with van der Waals surface area (Å²) in [5.74, 6) is -0.677. The molecule has 1 saturated carbocycles. The molecule has 0 radical (unpaired) electrons. The van der Waals surface area contributed by atoms with E-state index in [-0.39, 0.29) is 29.9 Å². The van der Waals surface area contributed by atoms with Gasteiger partial charge >= 0.3 is 6.11 Å². The molecule has 2 heterocycles. The number of nitrogens with zero attached hydrogens (tertiary/aromatic N) is 4. The molecular weight excluding hydrogens is 574 g/mol. The first-order valence-electron chi connectivity index (χ1n) is 12.8. The fourth-order valence-corrected chi connectivity index (χ4v) is 6.37. The van der Waals surface area contributed by atoms with Crippen molar-refractivity contribution in [2.45, 2.75) is 56.7 Å². The van der Waals surface area contributed by atoms with Crippen LogP contribution in [0.5, 0.6) is 5.75 Å². The van der Waals surface area contributed by atoms with Gasteiger partial charge in [-0.1, -0.05) is 65.1 Å². The van der Waals surface area contributed by atoms with E-state index < -0.39 is 18.1 Å². The topological polar surface area (TPSA) is 139 Å². The zero-order valence-electron chi connectivity index (χ0n) is 21.8. The maximum atomic E-state index is 13.1. The zero-order valence-corrected chi connectivity index (χ0v) is 23.4. The van der Waals surface area contributed by atoms with Crippen molar-refractivity contribution in [2.75, 3.05) is 10.6 Å². The van der Waals surface area contributed by atoms with Gasteiger partial charge in [0.05, 0.1) is 6.42 Å². The second-order valence-electron chi connectivity index (χ2n) is 9.68. The summed E-state index contributed by atoms with van der Waals surface area (Å²) >= 11 is 2.58. The normalized spacial score (nSPS) is 17.7. The van der Waals surface area contributed by atoms with Gasteiger partial charge in [0.15, 0.2) is 6.10 Å². The number of hydrogen-bond donors (Lipinski definition) is 3. The standard InChI is InChI=1S/C27H26F2N6O4S2/c1-27(28,29)39-19-9-5-6-15(12-19)13-20(36)30-25-34-32-23(40-25)17-10-11-18(14-17)24-33-35-26(41-24)31-22(38)21(37)16-7-3-2-4-8-16/h2-9,12,17-18,21,37H,10-11,13-14H2,1H3,(H,30,34,36)(H,31,35,38)/t17-,18-,21-/m0/s1. The van der Waals surface area contributed by atoms with Crippen molar-refractivity contribution in [1.82, 2.24) is 20.4 Å². The van der Waals surface area contributed by atoms with Crippen molar-refractivity contribution in [3.05, 3.63) is 75.7 Å². The SMILES string of the molecule is CC(F)(F)Oc1cccc(CC(=O)Nc2nnc([C@H]3CC[C@H](c4nnc(NC(=O)[C@@H](O)c5ccccc5)s4)C3)s2)c1. The van der Waals surface area contributed by atoms with Crippen LogP contribution in [0, 0.1) is 0 Å². The number of halogens is 2. The third-order valence-electron chi connectivity index (χ3n) is 6.41. The fraction of sp³-hybridized carbons (Fsp3) is 0.333. The van der Waals surface area contributed by atoms with Gasteiger partial charge in [-0.2, -0.15) is 8.78 Å². The van der Waals surface area contributed by atoms with E-state index in [9.17, 15) is 23.5 Å². The summed E-state index contributed by atoms with van der Waals surface area (Å²) in [7, 11) is 0. The Labute approximate surface area is 241 Å². The van der Waals surface area contributed by atoms with Crippen molar-refractivity contribution in [3.8, 4) is 5.75 Å². The number of aliphatic hydroxyl groups is 1. The minimum atomic E-state index is -3.32. The largest absolute Gasteiger partial charge is 0.433 e. The molecule has 0 bridgehead atoms. The Morgan fingerprint density at radius 2 is 1.61 bits per heavy atom. The van der Waals surface area contributed by atoms with Crippen LogP contribution in [0.2, 0.25) is 0 Å². The summed E-state index contributed by atoms with van der Waals surface area (Å²) in [5, 5.41) is 34.6. The van der Waals surface area contributed by atoms with E-state index in [0.29, 0.717) is 28.3 Å². The van der Waals surface area contributed by atoms with Crippen molar-refractivity contribution >= 4 is 44.8 Å². The van der Waals surface area contributed by atoms with Gasteiger partial charge in [0, 0.05) is 18.8 Å². The molecule has 2 amide bonds. The van der Waals surface area contributed by atoms with Crippen LogP contribution < -0.4 is 15.4 Å². The Kier molecular flexibility index (Phi) is 8.61. The first kappa shape index (κ1) is 28.6. The molecule has 2 aromatic heterocycles. The molecule has 5 rings (SSSR count). The number of benzene rings is 2. The molecule has 14 heteroatoms. The summed E-state index contributed by atoms with van der Waals surface area (Å²) in [5.41, 5.74) is 1.01. The second kappa shape index (κ2) is 12.3. The van der Waals surface area contributed by atoms with E-state index in [1.807, 2.05) is 0 Å². The van der Waals surface area contributed by atoms with Gasteiger partial charge in [-0.15, -0.1) is 20.4 Å². The molecule has 4 aromatic rings. The summed E-state index contributed by atoms with van der Waals surface area (Å²) in [4.78, 5) is 25.0. The highest BCUT2D eigenvalue weighted by Crippen LogP contribution is 2.45. The number of amides is 2. The molecule has 1 fully saturated rings. The third-order valence-corrected chi connectivity index (χ3v) is 8.42. The van der Waals surface area contributed by atoms with Crippen molar-refractivity contribution in [2.24, 2.45) is 0 Å². The number of carbonyl (C=O) groups excluding carboxylic acids is 2. The monoisotopic (exact) mass is 600 g/mol. The summed E-state index contributed by atoms with van der Waals surface area (Å²) in [6.07, 6.45) is -2.17. The number of aliphatic hydroxyl groups excluding tert-OH is 1. The molecule has 0 unspecified atom stereocenters. The van der Waals surface area contributed by atoms with E-state index in [2.05, 4.69) is 35.8 Å². The number of hydrogen-bond acceptors (Lipinski definition) is 10. The average Bonchev–Trinajstić information content (AvgIpc) is 3.69. The van der Waals surface area contributed by atoms with Crippen LogP contribution in [0.1, 0.15) is 65.3 Å².